The lowest BCUT2D eigenvalue weighted by molar-refractivity contribution is -0.133. The molecule has 0 aliphatic carbocycles. The standard InChI is InChI=1S/C10H20N2O2/c1-4-6(3)8(11)9(13)7(5-2)10(12)14/h6-8H,4-5,11H2,1-3H3,(H2,12,14)/t6-,7?,8-/m0/s1. The lowest BCUT2D eigenvalue weighted by atomic mass is 9.88. The smallest absolute Gasteiger partial charge is 0.228 e. The zero-order valence-electron chi connectivity index (χ0n) is 9.12. The van der Waals surface area contributed by atoms with Gasteiger partial charge in [-0.05, 0) is 12.3 Å². The second-order valence-electron chi connectivity index (χ2n) is 3.68. The average molecular weight is 200 g/mol. The Labute approximate surface area is 85.0 Å². The molecule has 0 aliphatic rings. The molecule has 4 N–H and O–H groups in total. The Morgan fingerprint density at radius 2 is 1.71 bits per heavy atom. The molecule has 0 bridgehead atoms. The number of carbonyl (C=O) groups is 2. The van der Waals surface area contributed by atoms with Crippen LogP contribution in [0.25, 0.3) is 0 Å². The van der Waals surface area contributed by atoms with E-state index in [1.165, 1.54) is 0 Å². The minimum absolute atomic E-state index is 0.0934. The second-order valence-corrected chi connectivity index (χ2v) is 3.68. The van der Waals surface area contributed by atoms with Crippen molar-refractivity contribution < 1.29 is 9.59 Å². The van der Waals surface area contributed by atoms with Gasteiger partial charge in [-0.3, -0.25) is 9.59 Å². The number of carbonyl (C=O) groups excluding carboxylic acids is 2. The number of primary amides is 1. The number of ketones is 1. The molecular formula is C10H20N2O2. The first-order valence-corrected chi connectivity index (χ1v) is 5.04. The first kappa shape index (κ1) is 13.1. The van der Waals surface area contributed by atoms with Crippen LogP contribution in [0.3, 0.4) is 0 Å². The maximum Gasteiger partial charge on any atom is 0.228 e. The van der Waals surface area contributed by atoms with Gasteiger partial charge in [0.2, 0.25) is 5.91 Å². The van der Waals surface area contributed by atoms with E-state index in [4.69, 9.17) is 11.5 Å². The lowest BCUT2D eigenvalue weighted by Gasteiger charge is -2.20. The van der Waals surface area contributed by atoms with E-state index in [0.717, 1.165) is 6.42 Å². The molecule has 4 nitrogen and oxygen atoms in total. The molecule has 0 aromatic heterocycles. The van der Waals surface area contributed by atoms with Crippen LogP contribution in [0.2, 0.25) is 0 Å². The predicted molar refractivity (Wildman–Crippen MR) is 55.4 cm³/mol. The first-order chi connectivity index (χ1) is 6.45. The summed E-state index contributed by atoms with van der Waals surface area (Å²) in [6.07, 6.45) is 1.25. The van der Waals surface area contributed by atoms with Crippen LogP contribution in [-0.4, -0.2) is 17.7 Å². The molecule has 0 radical (unpaired) electrons. The van der Waals surface area contributed by atoms with Crippen LogP contribution in [0.1, 0.15) is 33.6 Å². The Bertz CT molecular complexity index is 216. The molecule has 0 saturated carbocycles. The van der Waals surface area contributed by atoms with E-state index in [1.807, 2.05) is 13.8 Å². The molecule has 4 heteroatoms. The highest BCUT2D eigenvalue weighted by molar-refractivity contribution is 6.03. The van der Waals surface area contributed by atoms with E-state index in [9.17, 15) is 9.59 Å². The number of nitrogens with two attached hydrogens (primary N) is 2. The van der Waals surface area contributed by atoms with Crippen LogP contribution in [0.15, 0.2) is 0 Å². The molecule has 14 heavy (non-hydrogen) atoms. The predicted octanol–water partition coefficient (Wildman–Crippen LogP) is 0.440. The van der Waals surface area contributed by atoms with Gasteiger partial charge in [0.05, 0.1) is 12.0 Å². The summed E-state index contributed by atoms with van der Waals surface area (Å²) >= 11 is 0. The van der Waals surface area contributed by atoms with Crippen molar-refractivity contribution in [2.24, 2.45) is 23.3 Å². The molecule has 0 heterocycles. The summed E-state index contributed by atoms with van der Waals surface area (Å²) in [5, 5.41) is 0. The van der Waals surface area contributed by atoms with Crippen molar-refractivity contribution in [1.82, 2.24) is 0 Å². The van der Waals surface area contributed by atoms with Gasteiger partial charge in [0.15, 0.2) is 5.78 Å². The van der Waals surface area contributed by atoms with Gasteiger partial charge in [-0.15, -0.1) is 0 Å². The first-order valence-electron chi connectivity index (χ1n) is 5.04. The number of rotatable bonds is 6. The molecule has 0 fully saturated rings. The zero-order chi connectivity index (χ0) is 11.3. The Morgan fingerprint density at radius 1 is 1.21 bits per heavy atom. The fourth-order valence-electron chi connectivity index (χ4n) is 1.31. The third-order valence-electron chi connectivity index (χ3n) is 2.68. The van der Waals surface area contributed by atoms with Crippen molar-refractivity contribution in [3.63, 3.8) is 0 Å². The molecule has 82 valence electrons. The van der Waals surface area contributed by atoms with Crippen LogP contribution < -0.4 is 11.5 Å². The quantitative estimate of drug-likeness (QED) is 0.610. The van der Waals surface area contributed by atoms with Crippen molar-refractivity contribution in [2.75, 3.05) is 0 Å². The molecule has 0 saturated heterocycles. The van der Waals surface area contributed by atoms with Gasteiger partial charge < -0.3 is 11.5 Å². The Kier molecular flexibility index (Phi) is 5.38. The maximum absolute atomic E-state index is 11.7. The Hall–Kier alpha value is -0.900. The molecule has 0 rings (SSSR count). The van der Waals surface area contributed by atoms with Crippen molar-refractivity contribution in [2.45, 2.75) is 39.7 Å². The highest BCUT2D eigenvalue weighted by atomic mass is 16.2. The van der Waals surface area contributed by atoms with Crippen LogP contribution >= 0.6 is 0 Å². The van der Waals surface area contributed by atoms with Crippen molar-refractivity contribution in [1.29, 1.82) is 0 Å². The summed E-state index contributed by atoms with van der Waals surface area (Å²) in [7, 11) is 0. The van der Waals surface area contributed by atoms with Gasteiger partial charge in [-0.25, -0.2) is 0 Å². The van der Waals surface area contributed by atoms with E-state index >= 15 is 0 Å². The second kappa shape index (κ2) is 5.75. The molecule has 0 aromatic carbocycles. The molecule has 0 aromatic rings. The highest BCUT2D eigenvalue weighted by Gasteiger charge is 2.29. The highest BCUT2D eigenvalue weighted by Crippen LogP contribution is 2.13. The molecule has 0 aliphatic heterocycles. The summed E-state index contributed by atoms with van der Waals surface area (Å²) in [5.74, 6) is -1.43. The average Bonchev–Trinajstić information content (AvgIpc) is 2.15. The van der Waals surface area contributed by atoms with E-state index in [2.05, 4.69) is 0 Å². The van der Waals surface area contributed by atoms with Crippen LogP contribution in [-0.2, 0) is 9.59 Å². The molecule has 0 spiro atoms. The van der Waals surface area contributed by atoms with Crippen molar-refractivity contribution >= 4 is 11.7 Å². The van der Waals surface area contributed by atoms with Gasteiger partial charge >= 0.3 is 0 Å². The van der Waals surface area contributed by atoms with Gasteiger partial charge in [-0.2, -0.15) is 0 Å². The van der Waals surface area contributed by atoms with E-state index in [-0.39, 0.29) is 11.7 Å². The fraction of sp³-hybridized carbons (Fsp3) is 0.800. The molecule has 1 unspecified atom stereocenters. The SMILES string of the molecule is CCC(C(N)=O)C(=O)[C@@H](N)[C@@H](C)CC. The summed E-state index contributed by atoms with van der Waals surface area (Å²) in [6.45, 7) is 5.62. The van der Waals surface area contributed by atoms with Gasteiger partial charge in [-0.1, -0.05) is 27.2 Å². The monoisotopic (exact) mass is 200 g/mol. The minimum Gasteiger partial charge on any atom is -0.369 e. The lowest BCUT2D eigenvalue weighted by Crippen LogP contribution is -2.44. The normalized spacial score (nSPS) is 17.1. The van der Waals surface area contributed by atoms with Crippen LogP contribution in [0.4, 0.5) is 0 Å². The summed E-state index contributed by atoms with van der Waals surface area (Å²) < 4.78 is 0. The number of hydrogen-bond acceptors (Lipinski definition) is 3. The van der Waals surface area contributed by atoms with Crippen molar-refractivity contribution in [3.8, 4) is 0 Å². The van der Waals surface area contributed by atoms with Gasteiger partial charge in [0.1, 0.15) is 0 Å². The summed E-state index contributed by atoms with van der Waals surface area (Å²) in [5.41, 5.74) is 10.8. The van der Waals surface area contributed by atoms with E-state index in [1.54, 1.807) is 6.92 Å². The largest absolute Gasteiger partial charge is 0.369 e. The third-order valence-corrected chi connectivity index (χ3v) is 2.68. The summed E-state index contributed by atoms with van der Waals surface area (Å²) in [4.78, 5) is 22.6. The fourth-order valence-corrected chi connectivity index (χ4v) is 1.31. The topological polar surface area (TPSA) is 86.2 Å². The summed E-state index contributed by atoms with van der Waals surface area (Å²) in [6, 6.07) is -0.572. The third kappa shape index (κ3) is 3.10. The van der Waals surface area contributed by atoms with Gasteiger partial charge in [0, 0.05) is 0 Å². The van der Waals surface area contributed by atoms with Gasteiger partial charge in [0.25, 0.3) is 0 Å². The van der Waals surface area contributed by atoms with E-state index in [0.29, 0.717) is 6.42 Å². The zero-order valence-corrected chi connectivity index (χ0v) is 9.12. The van der Waals surface area contributed by atoms with Crippen LogP contribution in [0, 0.1) is 11.8 Å². The Balaban J connectivity index is 4.50. The number of amides is 1. The van der Waals surface area contributed by atoms with Crippen molar-refractivity contribution in [3.05, 3.63) is 0 Å². The van der Waals surface area contributed by atoms with Crippen LogP contribution in [0.5, 0.6) is 0 Å². The molecule has 3 atom stereocenters. The maximum atomic E-state index is 11.7. The minimum atomic E-state index is -0.723. The number of hydrogen-bond donors (Lipinski definition) is 2. The molecule has 1 amide bonds. The molecular weight excluding hydrogens is 180 g/mol. The van der Waals surface area contributed by atoms with E-state index < -0.39 is 17.9 Å². The Morgan fingerprint density at radius 3 is 2.00 bits per heavy atom. The number of Topliss-reactive ketones (excluding diaryl/α,β-unsaturated/α-hetero) is 1.